The SMILES string of the molecule is CC1CNCCN1c1cccc([N+](=O)[O-])c1. The molecule has 1 atom stereocenters. The fourth-order valence-electron chi connectivity index (χ4n) is 2.01. The Hall–Kier alpha value is -1.62. The first kappa shape index (κ1) is 10.9. The molecule has 0 aliphatic carbocycles. The maximum atomic E-state index is 10.7. The Morgan fingerprint density at radius 3 is 3.06 bits per heavy atom. The molecule has 0 amide bonds. The number of rotatable bonds is 2. The normalized spacial score (nSPS) is 20.8. The van der Waals surface area contributed by atoms with Crippen molar-refractivity contribution in [3.8, 4) is 0 Å². The van der Waals surface area contributed by atoms with Crippen molar-refractivity contribution < 1.29 is 4.92 Å². The van der Waals surface area contributed by atoms with Crippen LogP contribution in [0.1, 0.15) is 6.92 Å². The second-order valence-electron chi connectivity index (χ2n) is 4.02. The lowest BCUT2D eigenvalue weighted by Crippen LogP contribution is -2.49. The van der Waals surface area contributed by atoms with Crippen molar-refractivity contribution in [2.24, 2.45) is 0 Å². The van der Waals surface area contributed by atoms with Crippen LogP contribution in [0.3, 0.4) is 0 Å². The van der Waals surface area contributed by atoms with E-state index < -0.39 is 0 Å². The maximum absolute atomic E-state index is 10.7. The largest absolute Gasteiger partial charge is 0.366 e. The van der Waals surface area contributed by atoms with Crippen molar-refractivity contribution in [2.45, 2.75) is 13.0 Å². The molecule has 0 aromatic heterocycles. The summed E-state index contributed by atoms with van der Waals surface area (Å²) >= 11 is 0. The molecule has 1 aliphatic rings. The zero-order valence-corrected chi connectivity index (χ0v) is 9.22. The lowest BCUT2D eigenvalue weighted by molar-refractivity contribution is -0.384. The first-order valence-electron chi connectivity index (χ1n) is 5.40. The summed E-state index contributed by atoms with van der Waals surface area (Å²) in [6.45, 7) is 4.85. The van der Waals surface area contributed by atoms with Crippen molar-refractivity contribution in [3.05, 3.63) is 34.4 Å². The van der Waals surface area contributed by atoms with E-state index in [0.717, 1.165) is 25.3 Å². The van der Waals surface area contributed by atoms with Gasteiger partial charge in [0.15, 0.2) is 0 Å². The molecule has 1 fully saturated rings. The molecule has 1 aliphatic heterocycles. The Labute approximate surface area is 94.2 Å². The molecule has 86 valence electrons. The predicted octanol–water partition coefficient (Wildman–Crippen LogP) is 1.39. The van der Waals surface area contributed by atoms with Gasteiger partial charge in [-0.15, -0.1) is 0 Å². The second-order valence-corrected chi connectivity index (χ2v) is 4.02. The Morgan fingerprint density at radius 2 is 2.38 bits per heavy atom. The van der Waals surface area contributed by atoms with Crippen LogP contribution in [-0.4, -0.2) is 30.6 Å². The number of hydrogen-bond acceptors (Lipinski definition) is 4. The van der Waals surface area contributed by atoms with E-state index in [0.29, 0.717) is 6.04 Å². The number of nitrogens with zero attached hydrogens (tertiary/aromatic N) is 2. The Morgan fingerprint density at radius 1 is 1.56 bits per heavy atom. The van der Waals surface area contributed by atoms with Crippen molar-refractivity contribution in [3.63, 3.8) is 0 Å². The van der Waals surface area contributed by atoms with Gasteiger partial charge in [0.2, 0.25) is 0 Å². The smallest absolute Gasteiger partial charge is 0.271 e. The minimum Gasteiger partial charge on any atom is -0.366 e. The summed E-state index contributed by atoms with van der Waals surface area (Å²) in [7, 11) is 0. The topological polar surface area (TPSA) is 58.4 Å². The Bertz CT molecular complexity index is 395. The van der Waals surface area contributed by atoms with Crippen LogP contribution in [0.25, 0.3) is 0 Å². The van der Waals surface area contributed by atoms with Crippen LogP contribution in [-0.2, 0) is 0 Å². The average Bonchev–Trinajstić information content (AvgIpc) is 2.30. The molecule has 1 heterocycles. The van der Waals surface area contributed by atoms with E-state index in [-0.39, 0.29) is 10.6 Å². The zero-order chi connectivity index (χ0) is 11.5. The van der Waals surface area contributed by atoms with Crippen LogP contribution < -0.4 is 10.2 Å². The molecule has 1 unspecified atom stereocenters. The quantitative estimate of drug-likeness (QED) is 0.605. The van der Waals surface area contributed by atoms with Gasteiger partial charge >= 0.3 is 0 Å². The highest BCUT2D eigenvalue weighted by Gasteiger charge is 2.19. The van der Waals surface area contributed by atoms with Gasteiger partial charge in [-0.2, -0.15) is 0 Å². The maximum Gasteiger partial charge on any atom is 0.271 e. The molecule has 1 aromatic rings. The number of anilines is 1. The van der Waals surface area contributed by atoms with Crippen LogP contribution in [0.15, 0.2) is 24.3 Å². The number of non-ortho nitro benzene ring substituents is 1. The van der Waals surface area contributed by atoms with Gasteiger partial charge in [0.1, 0.15) is 0 Å². The Balaban J connectivity index is 2.25. The highest BCUT2D eigenvalue weighted by molar-refractivity contribution is 5.54. The molecule has 1 saturated heterocycles. The number of nitrogens with one attached hydrogen (secondary N) is 1. The third kappa shape index (κ3) is 2.14. The zero-order valence-electron chi connectivity index (χ0n) is 9.22. The van der Waals surface area contributed by atoms with Gasteiger partial charge in [0.05, 0.1) is 4.92 Å². The molecule has 1 N–H and O–H groups in total. The summed E-state index contributed by atoms with van der Waals surface area (Å²) in [5.74, 6) is 0. The lowest BCUT2D eigenvalue weighted by atomic mass is 10.1. The van der Waals surface area contributed by atoms with Gasteiger partial charge in [-0.1, -0.05) is 6.07 Å². The van der Waals surface area contributed by atoms with Gasteiger partial charge in [0, 0.05) is 43.5 Å². The molecular weight excluding hydrogens is 206 g/mol. The second kappa shape index (κ2) is 4.49. The number of benzene rings is 1. The molecule has 2 rings (SSSR count). The van der Waals surface area contributed by atoms with Gasteiger partial charge in [-0.3, -0.25) is 10.1 Å². The van der Waals surface area contributed by atoms with Crippen LogP contribution in [0, 0.1) is 10.1 Å². The summed E-state index contributed by atoms with van der Waals surface area (Å²) in [4.78, 5) is 12.5. The molecule has 5 heteroatoms. The van der Waals surface area contributed by atoms with Crippen LogP contribution in [0.2, 0.25) is 0 Å². The lowest BCUT2D eigenvalue weighted by Gasteiger charge is -2.35. The van der Waals surface area contributed by atoms with E-state index in [2.05, 4.69) is 17.1 Å². The fourth-order valence-corrected chi connectivity index (χ4v) is 2.01. The minimum absolute atomic E-state index is 0.156. The van der Waals surface area contributed by atoms with Crippen molar-refractivity contribution >= 4 is 11.4 Å². The van der Waals surface area contributed by atoms with Crippen molar-refractivity contribution in [1.29, 1.82) is 0 Å². The number of hydrogen-bond donors (Lipinski definition) is 1. The van der Waals surface area contributed by atoms with Crippen LogP contribution in [0.5, 0.6) is 0 Å². The summed E-state index contributed by atoms with van der Waals surface area (Å²) < 4.78 is 0. The van der Waals surface area contributed by atoms with E-state index in [4.69, 9.17) is 0 Å². The third-order valence-corrected chi connectivity index (χ3v) is 2.87. The van der Waals surface area contributed by atoms with Gasteiger partial charge in [-0.05, 0) is 13.0 Å². The molecule has 0 saturated carbocycles. The standard InChI is InChI=1S/C11H15N3O2/c1-9-8-12-5-6-13(9)10-3-2-4-11(7-10)14(15)16/h2-4,7,9,12H,5-6,8H2,1H3. The summed E-state index contributed by atoms with van der Waals surface area (Å²) in [6.07, 6.45) is 0. The van der Waals surface area contributed by atoms with Gasteiger partial charge in [-0.25, -0.2) is 0 Å². The third-order valence-electron chi connectivity index (χ3n) is 2.87. The number of piperazine rings is 1. The van der Waals surface area contributed by atoms with E-state index in [9.17, 15) is 10.1 Å². The van der Waals surface area contributed by atoms with Gasteiger partial charge < -0.3 is 10.2 Å². The highest BCUT2D eigenvalue weighted by atomic mass is 16.6. The van der Waals surface area contributed by atoms with Gasteiger partial charge in [0.25, 0.3) is 5.69 Å². The molecule has 5 nitrogen and oxygen atoms in total. The van der Waals surface area contributed by atoms with Crippen LogP contribution >= 0.6 is 0 Å². The molecule has 16 heavy (non-hydrogen) atoms. The molecule has 0 bridgehead atoms. The fraction of sp³-hybridized carbons (Fsp3) is 0.455. The number of nitro groups is 1. The van der Waals surface area contributed by atoms with E-state index in [1.165, 1.54) is 6.07 Å². The molecule has 1 aromatic carbocycles. The minimum atomic E-state index is -0.351. The monoisotopic (exact) mass is 221 g/mol. The van der Waals surface area contributed by atoms with E-state index in [1.807, 2.05) is 6.07 Å². The van der Waals surface area contributed by atoms with Crippen molar-refractivity contribution in [2.75, 3.05) is 24.5 Å². The number of nitro benzene ring substituents is 1. The molecular formula is C11H15N3O2. The molecule has 0 spiro atoms. The first-order valence-corrected chi connectivity index (χ1v) is 5.40. The summed E-state index contributed by atoms with van der Waals surface area (Å²) in [5.41, 5.74) is 1.09. The van der Waals surface area contributed by atoms with E-state index in [1.54, 1.807) is 12.1 Å². The van der Waals surface area contributed by atoms with E-state index >= 15 is 0 Å². The van der Waals surface area contributed by atoms with Crippen molar-refractivity contribution in [1.82, 2.24) is 5.32 Å². The Kier molecular flexibility index (Phi) is 3.05. The first-order chi connectivity index (χ1) is 7.68. The van der Waals surface area contributed by atoms with Crippen LogP contribution in [0.4, 0.5) is 11.4 Å². The summed E-state index contributed by atoms with van der Waals surface area (Å²) in [6, 6.07) is 7.20. The highest BCUT2D eigenvalue weighted by Crippen LogP contribution is 2.23. The summed E-state index contributed by atoms with van der Waals surface area (Å²) in [5, 5.41) is 14.0. The average molecular weight is 221 g/mol. The predicted molar refractivity (Wildman–Crippen MR) is 62.8 cm³/mol. The molecule has 0 radical (unpaired) electrons.